The molecule has 0 bridgehead atoms. The topological polar surface area (TPSA) is 88.1 Å². The molecule has 2 atom stereocenters. The smallest absolute Gasteiger partial charge is 0.170 e. The molecular formula is C13H20N2O3S. The van der Waals surface area contributed by atoms with E-state index in [0.29, 0.717) is 11.3 Å². The maximum atomic E-state index is 9.48. The summed E-state index contributed by atoms with van der Waals surface area (Å²) in [5.41, 5.74) is 7.16. The quantitative estimate of drug-likeness (QED) is 0.321. The predicted molar refractivity (Wildman–Crippen MR) is 77.9 cm³/mol. The summed E-state index contributed by atoms with van der Waals surface area (Å²) in [6.07, 6.45) is -0.372. The number of rotatable bonds is 6. The van der Waals surface area contributed by atoms with Crippen LogP contribution in [0.25, 0.3) is 0 Å². The van der Waals surface area contributed by atoms with Crippen molar-refractivity contribution in [1.82, 2.24) is 0 Å². The average Bonchev–Trinajstić information content (AvgIpc) is 2.43. The van der Waals surface area contributed by atoms with Crippen LogP contribution in [0.5, 0.6) is 5.75 Å². The standard InChI is InChI=1S/C13H20N2O3S/c1-8(16)9(2)19-7-11-6-10(13(14)15-17)4-5-12(11)18-3/h4-6,8-9,16-17H,7H2,1-3H3,(H2,14,15). The maximum absolute atomic E-state index is 9.48. The summed E-state index contributed by atoms with van der Waals surface area (Å²) in [6.45, 7) is 3.73. The number of amidine groups is 1. The molecule has 1 aromatic rings. The average molecular weight is 284 g/mol. The van der Waals surface area contributed by atoms with Crippen LogP contribution in [0.4, 0.5) is 0 Å². The van der Waals surface area contributed by atoms with Crippen LogP contribution >= 0.6 is 11.8 Å². The summed E-state index contributed by atoms with van der Waals surface area (Å²) in [5.74, 6) is 1.50. The molecule has 1 aromatic carbocycles. The van der Waals surface area contributed by atoms with Gasteiger partial charge in [0.2, 0.25) is 0 Å². The molecule has 19 heavy (non-hydrogen) atoms. The fraction of sp³-hybridized carbons (Fsp3) is 0.462. The van der Waals surface area contributed by atoms with Crippen molar-refractivity contribution in [2.24, 2.45) is 10.9 Å². The fourth-order valence-electron chi connectivity index (χ4n) is 1.47. The van der Waals surface area contributed by atoms with E-state index in [1.807, 2.05) is 13.0 Å². The molecule has 0 radical (unpaired) electrons. The number of thioether (sulfide) groups is 1. The summed E-state index contributed by atoms with van der Waals surface area (Å²) in [4.78, 5) is 0. The molecule has 106 valence electrons. The van der Waals surface area contributed by atoms with Gasteiger partial charge >= 0.3 is 0 Å². The number of oxime groups is 1. The molecule has 0 aliphatic carbocycles. The molecule has 0 aliphatic rings. The molecule has 1 rings (SSSR count). The van der Waals surface area contributed by atoms with E-state index in [4.69, 9.17) is 15.7 Å². The van der Waals surface area contributed by atoms with E-state index in [0.717, 1.165) is 11.3 Å². The molecule has 0 heterocycles. The van der Waals surface area contributed by atoms with Gasteiger partial charge in [-0.1, -0.05) is 12.1 Å². The lowest BCUT2D eigenvalue weighted by Crippen LogP contribution is -2.16. The molecule has 0 saturated carbocycles. The highest BCUT2D eigenvalue weighted by atomic mass is 32.2. The van der Waals surface area contributed by atoms with Crippen LogP contribution in [0.2, 0.25) is 0 Å². The van der Waals surface area contributed by atoms with Gasteiger partial charge in [0, 0.05) is 22.1 Å². The fourth-order valence-corrected chi connectivity index (χ4v) is 2.42. The monoisotopic (exact) mass is 284 g/mol. The Morgan fingerprint density at radius 2 is 2.16 bits per heavy atom. The number of hydrogen-bond acceptors (Lipinski definition) is 5. The van der Waals surface area contributed by atoms with Crippen molar-refractivity contribution in [1.29, 1.82) is 0 Å². The summed E-state index contributed by atoms with van der Waals surface area (Å²) in [5, 5.41) is 21.3. The minimum atomic E-state index is -0.372. The highest BCUT2D eigenvalue weighted by Crippen LogP contribution is 2.27. The lowest BCUT2D eigenvalue weighted by Gasteiger charge is -2.16. The lowest BCUT2D eigenvalue weighted by atomic mass is 10.1. The SMILES string of the molecule is COc1ccc(/C(N)=N/O)cc1CSC(C)C(C)O. The van der Waals surface area contributed by atoms with E-state index in [9.17, 15) is 5.11 Å². The minimum Gasteiger partial charge on any atom is -0.496 e. The number of nitrogens with zero attached hydrogens (tertiary/aromatic N) is 1. The van der Waals surface area contributed by atoms with Gasteiger partial charge in [-0.25, -0.2) is 0 Å². The van der Waals surface area contributed by atoms with E-state index in [1.165, 1.54) is 0 Å². The Morgan fingerprint density at radius 3 is 2.68 bits per heavy atom. The Morgan fingerprint density at radius 1 is 1.47 bits per heavy atom. The molecule has 0 fully saturated rings. The number of nitrogens with two attached hydrogens (primary N) is 1. The first-order chi connectivity index (χ1) is 8.99. The molecule has 0 aromatic heterocycles. The Bertz CT molecular complexity index is 450. The zero-order valence-electron chi connectivity index (χ0n) is 11.3. The number of ether oxygens (including phenoxy) is 1. The Kier molecular flexibility index (Phi) is 5.98. The summed E-state index contributed by atoms with van der Waals surface area (Å²) >= 11 is 1.62. The Hall–Kier alpha value is -1.40. The van der Waals surface area contributed by atoms with Crippen LogP contribution < -0.4 is 10.5 Å². The molecular weight excluding hydrogens is 264 g/mol. The summed E-state index contributed by atoms with van der Waals surface area (Å²) in [6, 6.07) is 5.35. The van der Waals surface area contributed by atoms with Crippen molar-refractivity contribution >= 4 is 17.6 Å². The number of methoxy groups -OCH3 is 1. The highest BCUT2D eigenvalue weighted by Gasteiger charge is 2.12. The second-order valence-corrected chi connectivity index (χ2v) is 5.63. The van der Waals surface area contributed by atoms with Crippen LogP contribution in [0.3, 0.4) is 0 Å². The Balaban J connectivity index is 2.90. The maximum Gasteiger partial charge on any atom is 0.170 e. The van der Waals surface area contributed by atoms with E-state index in [-0.39, 0.29) is 17.2 Å². The molecule has 6 heteroatoms. The zero-order valence-corrected chi connectivity index (χ0v) is 12.1. The largest absolute Gasteiger partial charge is 0.496 e. The van der Waals surface area contributed by atoms with Crippen molar-refractivity contribution < 1.29 is 15.1 Å². The normalized spacial score (nSPS) is 15.1. The van der Waals surface area contributed by atoms with Crippen LogP contribution in [0.15, 0.2) is 23.4 Å². The second-order valence-electron chi connectivity index (χ2n) is 4.27. The van der Waals surface area contributed by atoms with Crippen molar-refractivity contribution in [2.45, 2.75) is 31.0 Å². The zero-order chi connectivity index (χ0) is 14.4. The Labute approximate surface area is 117 Å². The van der Waals surface area contributed by atoms with Gasteiger partial charge in [0.25, 0.3) is 0 Å². The van der Waals surface area contributed by atoms with E-state index in [1.54, 1.807) is 37.9 Å². The van der Waals surface area contributed by atoms with Crippen molar-refractivity contribution in [2.75, 3.05) is 7.11 Å². The molecule has 0 amide bonds. The van der Waals surface area contributed by atoms with Gasteiger partial charge in [0.15, 0.2) is 5.84 Å². The van der Waals surface area contributed by atoms with Gasteiger partial charge < -0.3 is 20.8 Å². The van der Waals surface area contributed by atoms with Gasteiger partial charge in [-0.2, -0.15) is 11.8 Å². The van der Waals surface area contributed by atoms with Crippen molar-refractivity contribution in [3.05, 3.63) is 29.3 Å². The van der Waals surface area contributed by atoms with Crippen LogP contribution in [-0.2, 0) is 5.75 Å². The van der Waals surface area contributed by atoms with Gasteiger partial charge in [-0.05, 0) is 25.1 Å². The summed E-state index contributed by atoms with van der Waals surface area (Å²) < 4.78 is 5.29. The van der Waals surface area contributed by atoms with Gasteiger partial charge in [0.05, 0.1) is 13.2 Å². The van der Waals surface area contributed by atoms with E-state index in [2.05, 4.69) is 5.16 Å². The predicted octanol–water partition coefficient (Wildman–Crippen LogP) is 1.79. The number of aliphatic hydroxyl groups is 1. The first-order valence-corrected chi connectivity index (χ1v) is 6.99. The van der Waals surface area contributed by atoms with Gasteiger partial charge in [0.1, 0.15) is 5.75 Å². The third-order valence-electron chi connectivity index (χ3n) is 2.86. The molecule has 4 N–H and O–H groups in total. The van der Waals surface area contributed by atoms with Crippen LogP contribution in [0, 0.1) is 0 Å². The first kappa shape index (κ1) is 15.7. The van der Waals surface area contributed by atoms with E-state index < -0.39 is 0 Å². The third-order valence-corrected chi connectivity index (χ3v) is 4.26. The van der Waals surface area contributed by atoms with Crippen LogP contribution in [-0.4, -0.2) is 34.6 Å². The van der Waals surface area contributed by atoms with Crippen molar-refractivity contribution in [3.8, 4) is 5.75 Å². The molecule has 2 unspecified atom stereocenters. The third kappa shape index (κ3) is 4.33. The molecule has 0 saturated heterocycles. The lowest BCUT2D eigenvalue weighted by molar-refractivity contribution is 0.196. The minimum absolute atomic E-state index is 0.0671. The van der Waals surface area contributed by atoms with Crippen LogP contribution in [0.1, 0.15) is 25.0 Å². The summed E-state index contributed by atoms with van der Waals surface area (Å²) in [7, 11) is 1.60. The molecule has 0 aliphatic heterocycles. The molecule has 0 spiro atoms. The molecule has 5 nitrogen and oxygen atoms in total. The van der Waals surface area contributed by atoms with Gasteiger partial charge in [-0.3, -0.25) is 0 Å². The van der Waals surface area contributed by atoms with E-state index >= 15 is 0 Å². The second kappa shape index (κ2) is 7.25. The van der Waals surface area contributed by atoms with Gasteiger partial charge in [-0.15, -0.1) is 0 Å². The number of aliphatic hydroxyl groups excluding tert-OH is 1. The highest BCUT2D eigenvalue weighted by molar-refractivity contribution is 7.99. The number of benzene rings is 1. The van der Waals surface area contributed by atoms with Crippen molar-refractivity contribution in [3.63, 3.8) is 0 Å². The first-order valence-electron chi connectivity index (χ1n) is 5.94. The number of hydrogen-bond donors (Lipinski definition) is 3.